The van der Waals surface area contributed by atoms with E-state index < -0.39 is 11.7 Å². The van der Waals surface area contributed by atoms with Crippen molar-refractivity contribution in [2.45, 2.75) is 25.9 Å². The Balaban J connectivity index is 1.85. The van der Waals surface area contributed by atoms with Crippen LogP contribution in [0.2, 0.25) is 0 Å². The molecule has 1 N–H and O–H groups in total. The van der Waals surface area contributed by atoms with Gasteiger partial charge in [0.1, 0.15) is 0 Å². The van der Waals surface area contributed by atoms with E-state index in [4.69, 9.17) is 0 Å². The molecule has 0 spiro atoms. The van der Waals surface area contributed by atoms with Crippen LogP contribution in [0.3, 0.4) is 0 Å². The Morgan fingerprint density at radius 1 is 1.13 bits per heavy atom. The van der Waals surface area contributed by atoms with Crippen molar-refractivity contribution in [2.75, 3.05) is 37.6 Å². The van der Waals surface area contributed by atoms with Crippen LogP contribution in [0.5, 0.6) is 0 Å². The summed E-state index contributed by atoms with van der Waals surface area (Å²) in [6, 6.07) is 5.10. The fourth-order valence-corrected chi connectivity index (χ4v) is 2.51. The number of amides is 2. The van der Waals surface area contributed by atoms with Crippen LogP contribution in [0.25, 0.3) is 0 Å². The predicted molar refractivity (Wildman–Crippen MR) is 83.5 cm³/mol. The predicted octanol–water partition coefficient (Wildman–Crippen LogP) is 3.34. The second-order valence-electron chi connectivity index (χ2n) is 5.60. The van der Waals surface area contributed by atoms with Crippen LogP contribution in [0.1, 0.15) is 25.3 Å². The maximum absolute atomic E-state index is 12.6. The van der Waals surface area contributed by atoms with Crippen molar-refractivity contribution in [3.8, 4) is 0 Å². The average molecular weight is 329 g/mol. The van der Waals surface area contributed by atoms with Crippen LogP contribution >= 0.6 is 0 Å². The van der Waals surface area contributed by atoms with Crippen LogP contribution in [-0.2, 0) is 6.18 Å². The molecule has 0 radical (unpaired) electrons. The second kappa shape index (κ2) is 7.57. The first-order chi connectivity index (χ1) is 10.9. The average Bonchev–Trinajstić information content (AvgIpc) is 2.54. The summed E-state index contributed by atoms with van der Waals surface area (Å²) >= 11 is 0. The van der Waals surface area contributed by atoms with Gasteiger partial charge in [0, 0.05) is 38.4 Å². The summed E-state index contributed by atoms with van der Waals surface area (Å²) in [6.45, 7) is 5.11. The number of urea groups is 1. The lowest BCUT2D eigenvalue weighted by Crippen LogP contribution is -2.52. The lowest BCUT2D eigenvalue weighted by atomic mass is 10.1. The zero-order valence-electron chi connectivity index (χ0n) is 13.2. The molecule has 0 saturated carbocycles. The highest BCUT2D eigenvalue weighted by atomic mass is 19.4. The number of hydrogen-bond donors (Lipinski definition) is 1. The zero-order valence-corrected chi connectivity index (χ0v) is 13.2. The Kier molecular flexibility index (Phi) is 5.74. The van der Waals surface area contributed by atoms with Gasteiger partial charge in [-0.2, -0.15) is 13.2 Å². The highest BCUT2D eigenvalue weighted by Gasteiger charge is 2.30. The molecule has 0 aromatic heterocycles. The minimum absolute atomic E-state index is 0.0643. The van der Waals surface area contributed by atoms with Gasteiger partial charge in [0.15, 0.2) is 0 Å². The molecule has 0 aliphatic carbocycles. The van der Waals surface area contributed by atoms with Gasteiger partial charge >= 0.3 is 12.2 Å². The van der Waals surface area contributed by atoms with E-state index in [1.807, 2.05) is 4.90 Å². The summed E-state index contributed by atoms with van der Waals surface area (Å²) in [4.78, 5) is 15.7. The highest BCUT2D eigenvalue weighted by molar-refractivity contribution is 5.74. The fraction of sp³-hybridized carbons (Fsp3) is 0.562. The van der Waals surface area contributed by atoms with E-state index in [0.717, 1.165) is 30.7 Å². The molecule has 2 rings (SSSR count). The molecule has 0 bridgehead atoms. The van der Waals surface area contributed by atoms with Crippen LogP contribution in [-0.4, -0.2) is 43.7 Å². The third-order valence-electron chi connectivity index (χ3n) is 3.93. The molecule has 2 amide bonds. The van der Waals surface area contributed by atoms with E-state index in [9.17, 15) is 18.0 Å². The van der Waals surface area contributed by atoms with Crippen molar-refractivity contribution in [3.63, 3.8) is 0 Å². The van der Waals surface area contributed by atoms with E-state index in [2.05, 4.69) is 12.2 Å². The minimum Gasteiger partial charge on any atom is -0.368 e. The second-order valence-corrected chi connectivity index (χ2v) is 5.60. The number of nitrogens with one attached hydrogen (secondary N) is 1. The fourth-order valence-electron chi connectivity index (χ4n) is 2.51. The van der Waals surface area contributed by atoms with Gasteiger partial charge in [-0.05, 0) is 30.7 Å². The Hall–Kier alpha value is -1.92. The molecule has 1 aromatic carbocycles. The number of benzene rings is 1. The van der Waals surface area contributed by atoms with E-state index in [-0.39, 0.29) is 6.03 Å². The normalized spacial score (nSPS) is 15.7. The molecule has 23 heavy (non-hydrogen) atoms. The Bertz CT molecular complexity index is 508. The molecule has 1 aromatic rings. The van der Waals surface area contributed by atoms with Gasteiger partial charge in [-0.3, -0.25) is 0 Å². The molecule has 0 unspecified atom stereocenters. The molecule has 7 heteroatoms. The molecule has 1 aliphatic heterocycles. The van der Waals surface area contributed by atoms with E-state index in [1.54, 1.807) is 4.90 Å². The number of nitrogens with zero attached hydrogens (tertiary/aromatic N) is 2. The van der Waals surface area contributed by atoms with Crippen LogP contribution in [0.15, 0.2) is 24.3 Å². The monoisotopic (exact) mass is 329 g/mol. The quantitative estimate of drug-likeness (QED) is 0.860. The number of carbonyl (C=O) groups is 1. The maximum Gasteiger partial charge on any atom is 0.416 e. The summed E-state index contributed by atoms with van der Waals surface area (Å²) in [7, 11) is 0. The Morgan fingerprint density at radius 3 is 2.26 bits per heavy atom. The number of alkyl halides is 3. The van der Waals surface area contributed by atoms with Gasteiger partial charge in [0.2, 0.25) is 0 Å². The van der Waals surface area contributed by atoms with Crippen molar-refractivity contribution in [1.82, 2.24) is 10.2 Å². The van der Waals surface area contributed by atoms with Crippen molar-refractivity contribution in [3.05, 3.63) is 29.8 Å². The molecule has 1 aliphatic rings. The molecule has 1 saturated heterocycles. The van der Waals surface area contributed by atoms with Gasteiger partial charge in [-0.25, -0.2) is 4.79 Å². The standard InChI is InChI=1S/C16H22F3N3O/c1-2-3-8-20-15(23)22-11-9-21(10-12-22)14-6-4-13(5-7-14)16(17,18)19/h4-7H,2-3,8-12H2,1H3,(H,20,23). The Morgan fingerprint density at radius 2 is 1.74 bits per heavy atom. The van der Waals surface area contributed by atoms with Crippen LogP contribution in [0.4, 0.5) is 23.7 Å². The van der Waals surface area contributed by atoms with Gasteiger partial charge in [0.05, 0.1) is 5.56 Å². The summed E-state index contributed by atoms with van der Waals surface area (Å²) < 4.78 is 37.7. The number of unbranched alkanes of at least 4 members (excludes halogenated alkanes) is 1. The topological polar surface area (TPSA) is 35.6 Å². The number of carbonyl (C=O) groups excluding carboxylic acids is 1. The number of rotatable bonds is 4. The zero-order chi connectivity index (χ0) is 16.9. The first-order valence-electron chi connectivity index (χ1n) is 7.87. The van der Waals surface area contributed by atoms with Gasteiger partial charge in [-0.15, -0.1) is 0 Å². The SMILES string of the molecule is CCCCNC(=O)N1CCN(c2ccc(C(F)(F)F)cc2)CC1. The molecule has 1 fully saturated rings. The molecule has 128 valence electrons. The van der Waals surface area contributed by atoms with Crippen molar-refractivity contribution < 1.29 is 18.0 Å². The number of anilines is 1. The smallest absolute Gasteiger partial charge is 0.368 e. The van der Waals surface area contributed by atoms with Crippen molar-refractivity contribution in [1.29, 1.82) is 0 Å². The highest BCUT2D eigenvalue weighted by Crippen LogP contribution is 2.30. The molecular formula is C16H22F3N3O. The third-order valence-corrected chi connectivity index (χ3v) is 3.93. The largest absolute Gasteiger partial charge is 0.416 e. The molecule has 0 atom stereocenters. The first kappa shape index (κ1) is 17.4. The Labute approximate surface area is 134 Å². The molecule has 4 nitrogen and oxygen atoms in total. The summed E-state index contributed by atoms with van der Waals surface area (Å²) in [5.41, 5.74) is 0.110. The molecule has 1 heterocycles. The van der Waals surface area contributed by atoms with E-state index >= 15 is 0 Å². The van der Waals surface area contributed by atoms with Crippen LogP contribution < -0.4 is 10.2 Å². The van der Waals surface area contributed by atoms with E-state index in [1.165, 1.54) is 12.1 Å². The molecular weight excluding hydrogens is 307 g/mol. The van der Waals surface area contributed by atoms with E-state index in [0.29, 0.717) is 32.7 Å². The summed E-state index contributed by atoms with van der Waals surface area (Å²) in [5.74, 6) is 0. The number of hydrogen-bond acceptors (Lipinski definition) is 2. The lowest BCUT2D eigenvalue weighted by molar-refractivity contribution is -0.137. The maximum atomic E-state index is 12.6. The third kappa shape index (κ3) is 4.77. The number of piperazine rings is 1. The first-order valence-corrected chi connectivity index (χ1v) is 7.87. The lowest BCUT2D eigenvalue weighted by Gasteiger charge is -2.36. The van der Waals surface area contributed by atoms with Crippen molar-refractivity contribution in [2.24, 2.45) is 0 Å². The summed E-state index contributed by atoms with van der Waals surface area (Å²) in [6.07, 6.45) is -2.33. The number of halogens is 3. The van der Waals surface area contributed by atoms with Crippen molar-refractivity contribution >= 4 is 11.7 Å². The van der Waals surface area contributed by atoms with Gasteiger partial charge in [-0.1, -0.05) is 13.3 Å². The summed E-state index contributed by atoms with van der Waals surface area (Å²) in [5, 5.41) is 2.88. The van der Waals surface area contributed by atoms with Gasteiger partial charge in [0.25, 0.3) is 0 Å². The van der Waals surface area contributed by atoms with Gasteiger partial charge < -0.3 is 15.1 Å². The van der Waals surface area contributed by atoms with Crippen LogP contribution in [0, 0.1) is 0 Å². The minimum atomic E-state index is -4.31.